The Hall–Kier alpha value is -2.95. The van der Waals surface area contributed by atoms with Crippen LogP contribution in [0.4, 0.5) is 0 Å². The second-order valence-electron chi connectivity index (χ2n) is 8.74. The van der Waals surface area contributed by atoms with Crippen LogP contribution in [0.3, 0.4) is 0 Å². The lowest BCUT2D eigenvalue weighted by Crippen LogP contribution is -2.24. The van der Waals surface area contributed by atoms with Gasteiger partial charge in [0.1, 0.15) is 12.4 Å². The maximum absolute atomic E-state index is 13.6. The molecule has 0 bridgehead atoms. The summed E-state index contributed by atoms with van der Waals surface area (Å²) in [4.78, 5) is 13.6. The smallest absolute Gasteiger partial charge is 0.297 e. The number of fused-ring (bicyclic) bond motifs is 1. The molecule has 5 heteroatoms. The van der Waals surface area contributed by atoms with Gasteiger partial charge in [-0.1, -0.05) is 82.7 Å². The summed E-state index contributed by atoms with van der Waals surface area (Å²) in [6.45, 7) is 5.86. The number of aromatic nitrogens is 1. The van der Waals surface area contributed by atoms with Crippen LogP contribution in [-0.4, -0.2) is 18.3 Å². The number of aryl methyl sites for hydroxylation is 1. The van der Waals surface area contributed by atoms with Crippen molar-refractivity contribution in [2.75, 3.05) is 13.7 Å². The van der Waals surface area contributed by atoms with Crippen molar-refractivity contribution in [3.05, 3.63) is 64.4 Å². The molecule has 1 heterocycles. The summed E-state index contributed by atoms with van der Waals surface area (Å²) >= 11 is 0. The van der Waals surface area contributed by atoms with Gasteiger partial charge in [-0.25, -0.2) is 0 Å². The van der Waals surface area contributed by atoms with E-state index in [9.17, 15) is 4.79 Å². The van der Waals surface area contributed by atoms with Gasteiger partial charge in [-0.15, -0.1) is 0 Å². The zero-order chi connectivity index (χ0) is 24.2. The van der Waals surface area contributed by atoms with Crippen LogP contribution in [-0.2, 0) is 13.2 Å². The van der Waals surface area contributed by atoms with Crippen LogP contribution in [0.2, 0.25) is 0 Å². The lowest BCUT2D eigenvalue weighted by Gasteiger charge is -2.19. The van der Waals surface area contributed by atoms with Crippen molar-refractivity contribution in [2.24, 2.45) is 0 Å². The van der Waals surface area contributed by atoms with Gasteiger partial charge in [-0.05, 0) is 30.5 Å². The monoisotopic (exact) mass is 465 g/mol. The molecule has 0 fully saturated rings. The quantitative estimate of drug-likeness (QED) is 0.224. The van der Waals surface area contributed by atoms with Gasteiger partial charge < -0.3 is 18.8 Å². The fourth-order valence-electron chi connectivity index (χ4n) is 4.10. The minimum Gasteiger partial charge on any atom is -0.497 e. The number of unbranched alkanes of at least 4 members (excludes halogenated alkanes) is 6. The first kappa shape index (κ1) is 25.7. The van der Waals surface area contributed by atoms with Crippen molar-refractivity contribution in [3.8, 4) is 17.2 Å². The van der Waals surface area contributed by atoms with Crippen LogP contribution >= 0.6 is 0 Å². The van der Waals surface area contributed by atoms with Crippen molar-refractivity contribution < 1.29 is 14.2 Å². The zero-order valence-electron chi connectivity index (χ0n) is 21.0. The van der Waals surface area contributed by atoms with Crippen molar-refractivity contribution >= 4 is 10.9 Å². The first-order chi connectivity index (χ1) is 16.7. The molecule has 34 heavy (non-hydrogen) atoms. The molecule has 0 saturated carbocycles. The summed E-state index contributed by atoms with van der Waals surface area (Å²) in [7, 11) is 1.64. The van der Waals surface area contributed by atoms with Crippen molar-refractivity contribution in [1.29, 1.82) is 0 Å². The molecule has 2 aromatic carbocycles. The number of rotatable bonds is 15. The average molecular weight is 466 g/mol. The van der Waals surface area contributed by atoms with Gasteiger partial charge in [0.15, 0.2) is 5.75 Å². The van der Waals surface area contributed by atoms with E-state index in [0.29, 0.717) is 37.0 Å². The number of hydrogen-bond donors (Lipinski definition) is 0. The van der Waals surface area contributed by atoms with Gasteiger partial charge in [0.2, 0.25) is 5.75 Å². The Morgan fingerprint density at radius 1 is 0.794 bits per heavy atom. The summed E-state index contributed by atoms with van der Waals surface area (Å²) < 4.78 is 19.7. The molecule has 5 nitrogen and oxygen atoms in total. The molecule has 0 aliphatic carbocycles. The SMILES string of the molecule is CCCCCCCCOc1c(OCc2ccccc2)c2ccc(OC)cc2n(CCCC)c1=O. The van der Waals surface area contributed by atoms with E-state index in [1.165, 1.54) is 25.7 Å². The van der Waals surface area contributed by atoms with E-state index in [2.05, 4.69) is 13.8 Å². The first-order valence-corrected chi connectivity index (χ1v) is 12.7. The van der Waals surface area contributed by atoms with E-state index in [1.807, 2.05) is 53.1 Å². The highest BCUT2D eigenvalue weighted by molar-refractivity contribution is 5.89. The minimum atomic E-state index is -0.136. The highest BCUT2D eigenvalue weighted by Gasteiger charge is 2.20. The first-order valence-electron chi connectivity index (χ1n) is 12.7. The summed E-state index contributed by atoms with van der Waals surface area (Å²) in [5.74, 6) is 1.55. The molecule has 0 aliphatic heterocycles. The number of nitrogens with zero attached hydrogens (tertiary/aromatic N) is 1. The summed E-state index contributed by atoms with van der Waals surface area (Å²) in [6.07, 6.45) is 8.90. The molecule has 0 amide bonds. The summed E-state index contributed by atoms with van der Waals surface area (Å²) in [6, 6.07) is 15.8. The predicted octanol–water partition coefficient (Wildman–Crippen LogP) is 7.13. The van der Waals surface area contributed by atoms with E-state index in [1.54, 1.807) is 7.11 Å². The van der Waals surface area contributed by atoms with Crippen LogP contribution in [0.25, 0.3) is 10.9 Å². The maximum Gasteiger partial charge on any atom is 0.297 e. The molecule has 3 rings (SSSR count). The van der Waals surface area contributed by atoms with Crippen molar-refractivity contribution in [2.45, 2.75) is 78.4 Å². The van der Waals surface area contributed by atoms with Gasteiger partial charge in [0.25, 0.3) is 5.56 Å². The minimum absolute atomic E-state index is 0.136. The van der Waals surface area contributed by atoms with Crippen LogP contribution in [0.15, 0.2) is 53.3 Å². The average Bonchev–Trinajstić information content (AvgIpc) is 2.87. The molecule has 0 saturated heterocycles. The Bertz CT molecular complexity index is 1070. The maximum atomic E-state index is 13.6. The largest absolute Gasteiger partial charge is 0.497 e. The number of benzene rings is 2. The second-order valence-corrected chi connectivity index (χ2v) is 8.74. The van der Waals surface area contributed by atoms with E-state index in [0.717, 1.165) is 42.1 Å². The highest BCUT2D eigenvalue weighted by atomic mass is 16.5. The molecular formula is C29H39NO4. The van der Waals surface area contributed by atoms with E-state index >= 15 is 0 Å². The van der Waals surface area contributed by atoms with Crippen molar-refractivity contribution in [1.82, 2.24) is 4.57 Å². The van der Waals surface area contributed by atoms with Gasteiger partial charge in [-0.3, -0.25) is 4.79 Å². The summed E-state index contributed by atoms with van der Waals surface area (Å²) in [5.41, 5.74) is 1.72. The fourth-order valence-corrected chi connectivity index (χ4v) is 4.10. The highest BCUT2D eigenvalue weighted by Crippen LogP contribution is 2.35. The van der Waals surface area contributed by atoms with Crippen LogP contribution in [0.1, 0.15) is 70.8 Å². The molecule has 184 valence electrons. The van der Waals surface area contributed by atoms with Crippen LogP contribution < -0.4 is 19.8 Å². The third kappa shape index (κ3) is 6.78. The van der Waals surface area contributed by atoms with Gasteiger partial charge in [-0.2, -0.15) is 0 Å². The number of methoxy groups -OCH3 is 1. The van der Waals surface area contributed by atoms with Gasteiger partial charge >= 0.3 is 0 Å². The molecule has 0 unspecified atom stereocenters. The third-order valence-electron chi connectivity index (χ3n) is 6.09. The fraction of sp³-hybridized carbons (Fsp3) is 0.483. The zero-order valence-corrected chi connectivity index (χ0v) is 21.0. The normalized spacial score (nSPS) is 11.0. The second kappa shape index (κ2) is 13.7. The van der Waals surface area contributed by atoms with Crippen LogP contribution in [0.5, 0.6) is 17.2 Å². The number of ether oxygens (including phenoxy) is 3. The van der Waals surface area contributed by atoms with Gasteiger partial charge in [0.05, 0.1) is 19.2 Å². The molecule has 0 atom stereocenters. The number of pyridine rings is 1. The molecule has 1 aromatic heterocycles. The lowest BCUT2D eigenvalue weighted by molar-refractivity contribution is 0.255. The Morgan fingerprint density at radius 3 is 2.26 bits per heavy atom. The van der Waals surface area contributed by atoms with E-state index in [-0.39, 0.29) is 5.56 Å². The molecule has 0 radical (unpaired) electrons. The standard InChI is InChI=1S/C29H39NO4/c1-4-6-8-9-10-14-20-33-28-27(34-22-23-15-12-11-13-16-23)25-18-17-24(32-3)21-26(25)30(29(28)31)19-7-5-2/h11-13,15-18,21H,4-10,14,19-20,22H2,1-3H3. The third-order valence-corrected chi connectivity index (χ3v) is 6.09. The van der Waals surface area contributed by atoms with E-state index in [4.69, 9.17) is 14.2 Å². The number of hydrogen-bond acceptors (Lipinski definition) is 4. The molecule has 3 aromatic rings. The Balaban J connectivity index is 1.95. The van der Waals surface area contributed by atoms with Gasteiger partial charge in [0, 0.05) is 18.0 Å². The van der Waals surface area contributed by atoms with E-state index < -0.39 is 0 Å². The Morgan fingerprint density at radius 2 is 1.53 bits per heavy atom. The molecular weight excluding hydrogens is 426 g/mol. The summed E-state index contributed by atoms with van der Waals surface area (Å²) in [5, 5.41) is 0.866. The molecule has 0 N–H and O–H groups in total. The van der Waals surface area contributed by atoms with Crippen LogP contribution in [0, 0.1) is 0 Å². The lowest BCUT2D eigenvalue weighted by atomic mass is 10.1. The Kier molecular flexibility index (Phi) is 10.3. The Labute approximate surface area is 203 Å². The molecule has 0 aliphatic rings. The topological polar surface area (TPSA) is 49.7 Å². The molecule has 0 spiro atoms. The predicted molar refractivity (Wildman–Crippen MR) is 139 cm³/mol. The van der Waals surface area contributed by atoms with Crippen molar-refractivity contribution in [3.63, 3.8) is 0 Å².